The number of aromatic nitrogens is 3. The van der Waals surface area contributed by atoms with E-state index >= 15 is 0 Å². The molecule has 30 heavy (non-hydrogen) atoms. The molecule has 2 aromatic carbocycles. The molecule has 0 aliphatic carbocycles. The summed E-state index contributed by atoms with van der Waals surface area (Å²) in [6, 6.07) is 14.6. The van der Waals surface area contributed by atoms with E-state index in [1.165, 1.54) is 6.33 Å². The Bertz CT molecular complexity index is 998. The van der Waals surface area contributed by atoms with E-state index in [1.807, 2.05) is 63.2 Å². The average molecular weight is 406 g/mol. The van der Waals surface area contributed by atoms with E-state index in [4.69, 9.17) is 0 Å². The Morgan fingerprint density at radius 2 is 1.83 bits per heavy atom. The summed E-state index contributed by atoms with van der Waals surface area (Å²) in [5, 5.41) is 9.98. The molecule has 0 aliphatic heterocycles. The van der Waals surface area contributed by atoms with Gasteiger partial charge >= 0.3 is 0 Å². The summed E-state index contributed by atoms with van der Waals surface area (Å²) in [4.78, 5) is 29.4. The first-order chi connectivity index (χ1) is 14.4. The van der Waals surface area contributed by atoms with Crippen molar-refractivity contribution < 1.29 is 9.59 Å². The molecule has 1 atom stereocenters. The van der Waals surface area contributed by atoms with Crippen LogP contribution in [0.15, 0.2) is 61.2 Å². The molecule has 0 saturated carbocycles. The van der Waals surface area contributed by atoms with Gasteiger partial charge in [-0.1, -0.05) is 55.8 Å². The second-order valence-electron chi connectivity index (χ2n) is 7.64. The van der Waals surface area contributed by atoms with Gasteiger partial charge in [-0.25, -0.2) is 9.67 Å². The van der Waals surface area contributed by atoms with Crippen LogP contribution in [0, 0.1) is 12.8 Å². The first-order valence-electron chi connectivity index (χ1n) is 9.98. The molecule has 0 bridgehead atoms. The zero-order valence-corrected chi connectivity index (χ0v) is 17.5. The van der Waals surface area contributed by atoms with Crippen molar-refractivity contribution in [3.8, 4) is 0 Å². The highest BCUT2D eigenvalue weighted by Gasteiger charge is 2.24. The third-order valence-electron chi connectivity index (χ3n) is 4.89. The van der Waals surface area contributed by atoms with Gasteiger partial charge in [0.15, 0.2) is 0 Å². The van der Waals surface area contributed by atoms with Crippen LogP contribution in [0.4, 0.5) is 0 Å². The molecule has 0 aliphatic rings. The van der Waals surface area contributed by atoms with Gasteiger partial charge in [0.2, 0.25) is 5.91 Å². The summed E-state index contributed by atoms with van der Waals surface area (Å²) in [7, 11) is 0. The topological polar surface area (TPSA) is 88.9 Å². The number of amides is 2. The summed E-state index contributed by atoms with van der Waals surface area (Å²) in [5.41, 5.74) is 3.59. The predicted octanol–water partition coefficient (Wildman–Crippen LogP) is 2.71. The molecule has 7 heteroatoms. The number of nitrogens with one attached hydrogen (secondary N) is 2. The van der Waals surface area contributed by atoms with Crippen molar-refractivity contribution in [1.82, 2.24) is 25.4 Å². The molecule has 0 fully saturated rings. The first kappa shape index (κ1) is 21.2. The van der Waals surface area contributed by atoms with E-state index in [1.54, 1.807) is 17.1 Å². The minimum atomic E-state index is -0.625. The Balaban J connectivity index is 1.65. The number of benzene rings is 2. The molecule has 0 saturated heterocycles. The number of carbonyl (C=O) groups is 2. The van der Waals surface area contributed by atoms with Gasteiger partial charge < -0.3 is 10.6 Å². The van der Waals surface area contributed by atoms with E-state index in [0.29, 0.717) is 18.7 Å². The molecule has 0 radical (unpaired) electrons. The van der Waals surface area contributed by atoms with Gasteiger partial charge in [-0.2, -0.15) is 5.10 Å². The monoisotopic (exact) mass is 405 g/mol. The maximum atomic E-state index is 12.9. The smallest absolute Gasteiger partial charge is 0.251 e. The van der Waals surface area contributed by atoms with E-state index < -0.39 is 6.04 Å². The molecule has 2 amide bonds. The lowest BCUT2D eigenvalue weighted by atomic mass is 10.0. The van der Waals surface area contributed by atoms with Crippen molar-refractivity contribution in [1.29, 1.82) is 0 Å². The Hall–Kier alpha value is -3.48. The third kappa shape index (κ3) is 5.53. The molecule has 3 aromatic rings. The molecule has 2 N–H and O–H groups in total. The van der Waals surface area contributed by atoms with E-state index in [2.05, 4.69) is 20.7 Å². The van der Waals surface area contributed by atoms with Crippen LogP contribution in [0.5, 0.6) is 0 Å². The summed E-state index contributed by atoms with van der Waals surface area (Å²) in [6.45, 7) is 6.70. The van der Waals surface area contributed by atoms with Crippen molar-refractivity contribution in [3.63, 3.8) is 0 Å². The SMILES string of the molecule is Cc1cccc(C(=O)NC(C(=O)NCc2ccccc2Cn2cncn2)C(C)C)c1. The first-order valence-corrected chi connectivity index (χ1v) is 9.98. The van der Waals surface area contributed by atoms with Gasteiger partial charge in [0.25, 0.3) is 5.91 Å². The highest BCUT2D eigenvalue weighted by atomic mass is 16.2. The predicted molar refractivity (Wildman–Crippen MR) is 115 cm³/mol. The van der Waals surface area contributed by atoms with Gasteiger partial charge in [0, 0.05) is 12.1 Å². The van der Waals surface area contributed by atoms with Gasteiger partial charge in [0.05, 0.1) is 6.54 Å². The van der Waals surface area contributed by atoms with Crippen molar-refractivity contribution in [2.24, 2.45) is 5.92 Å². The summed E-state index contributed by atoms with van der Waals surface area (Å²) in [6.07, 6.45) is 3.15. The lowest BCUT2D eigenvalue weighted by Gasteiger charge is -2.22. The van der Waals surface area contributed by atoms with Crippen LogP contribution in [0.2, 0.25) is 0 Å². The second kappa shape index (κ2) is 9.82. The number of rotatable bonds is 8. The highest BCUT2D eigenvalue weighted by Crippen LogP contribution is 2.11. The van der Waals surface area contributed by atoms with Crippen LogP contribution < -0.4 is 10.6 Å². The van der Waals surface area contributed by atoms with Gasteiger partial charge in [-0.3, -0.25) is 9.59 Å². The van der Waals surface area contributed by atoms with Crippen LogP contribution in [0.3, 0.4) is 0 Å². The lowest BCUT2D eigenvalue weighted by molar-refractivity contribution is -0.124. The van der Waals surface area contributed by atoms with Gasteiger partial charge in [0.1, 0.15) is 18.7 Å². The van der Waals surface area contributed by atoms with Crippen molar-refractivity contribution in [2.45, 2.75) is 39.9 Å². The van der Waals surface area contributed by atoms with Gasteiger partial charge in [-0.15, -0.1) is 0 Å². The fraction of sp³-hybridized carbons (Fsp3) is 0.304. The Morgan fingerprint density at radius 3 is 2.50 bits per heavy atom. The van der Waals surface area contributed by atoms with Gasteiger partial charge in [-0.05, 0) is 36.1 Å². The maximum absolute atomic E-state index is 12.9. The molecular weight excluding hydrogens is 378 g/mol. The molecular formula is C23H27N5O2. The fourth-order valence-corrected chi connectivity index (χ4v) is 3.21. The van der Waals surface area contributed by atoms with E-state index in [0.717, 1.165) is 16.7 Å². The summed E-state index contributed by atoms with van der Waals surface area (Å²) < 4.78 is 1.74. The number of hydrogen-bond acceptors (Lipinski definition) is 4. The standard InChI is InChI=1S/C23H27N5O2/c1-16(2)21(27-22(29)18-10-6-7-17(3)11-18)23(30)25-12-19-8-4-5-9-20(19)13-28-15-24-14-26-28/h4-11,14-16,21H,12-13H2,1-3H3,(H,25,30)(H,27,29). The number of aryl methyl sites for hydroxylation is 1. The van der Waals surface area contributed by atoms with Crippen LogP contribution in [-0.4, -0.2) is 32.6 Å². The number of carbonyl (C=O) groups excluding carboxylic acids is 2. The lowest BCUT2D eigenvalue weighted by Crippen LogP contribution is -2.49. The minimum Gasteiger partial charge on any atom is -0.350 e. The van der Waals surface area contributed by atoms with Crippen molar-refractivity contribution >= 4 is 11.8 Å². The van der Waals surface area contributed by atoms with Crippen LogP contribution in [-0.2, 0) is 17.9 Å². The third-order valence-corrected chi connectivity index (χ3v) is 4.89. The zero-order chi connectivity index (χ0) is 21.5. The van der Waals surface area contributed by atoms with Crippen LogP contribution in [0.1, 0.15) is 40.9 Å². The Morgan fingerprint density at radius 1 is 1.07 bits per heavy atom. The molecule has 1 aromatic heterocycles. The molecule has 1 unspecified atom stereocenters. The Labute approximate surface area is 176 Å². The molecule has 3 rings (SSSR count). The highest BCUT2D eigenvalue weighted by molar-refractivity contribution is 5.97. The maximum Gasteiger partial charge on any atom is 0.251 e. The largest absolute Gasteiger partial charge is 0.350 e. The Kier molecular flexibility index (Phi) is 6.95. The van der Waals surface area contributed by atoms with Crippen LogP contribution >= 0.6 is 0 Å². The van der Waals surface area contributed by atoms with E-state index in [-0.39, 0.29) is 17.7 Å². The van der Waals surface area contributed by atoms with E-state index in [9.17, 15) is 9.59 Å². The second-order valence-corrected chi connectivity index (χ2v) is 7.64. The average Bonchev–Trinajstić information content (AvgIpc) is 3.24. The summed E-state index contributed by atoms with van der Waals surface area (Å²) in [5.74, 6) is -0.509. The fourth-order valence-electron chi connectivity index (χ4n) is 3.21. The minimum absolute atomic E-state index is 0.0517. The van der Waals surface area contributed by atoms with Crippen LogP contribution in [0.25, 0.3) is 0 Å². The molecule has 156 valence electrons. The van der Waals surface area contributed by atoms with Crippen molar-refractivity contribution in [3.05, 3.63) is 83.4 Å². The summed E-state index contributed by atoms with van der Waals surface area (Å²) >= 11 is 0. The molecule has 7 nitrogen and oxygen atoms in total. The number of hydrogen-bond donors (Lipinski definition) is 2. The quantitative estimate of drug-likeness (QED) is 0.603. The molecule has 1 heterocycles. The van der Waals surface area contributed by atoms with Crippen molar-refractivity contribution in [2.75, 3.05) is 0 Å². The number of nitrogens with zero attached hydrogens (tertiary/aromatic N) is 3. The normalized spacial score (nSPS) is 11.9. The molecule has 0 spiro atoms. The zero-order valence-electron chi connectivity index (χ0n) is 17.5.